The summed E-state index contributed by atoms with van der Waals surface area (Å²) in [6, 6.07) is 10.6. The summed E-state index contributed by atoms with van der Waals surface area (Å²) >= 11 is 1.31. The van der Waals surface area contributed by atoms with Gasteiger partial charge in [-0.25, -0.2) is 9.78 Å². The molecule has 0 N–H and O–H groups in total. The predicted molar refractivity (Wildman–Crippen MR) is 87.2 cm³/mol. The Kier molecular flexibility index (Phi) is 3.35. The lowest BCUT2D eigenvalue weighted by Gasteiger charge is -2.04. The molecule has 0 bridgehead atoms. The summed E-state index contributed by atoms with van der Waals surface area (Å²) < 4.78 is 7.38. The number of hydrogen-bond donors (Lipinski definition) is 0. The zero-order valence-electron chi connectivity index (χ0n) is 12.5. The molecule has 0 amide bonds. The first-order chi connectivity index (χ1) is 11.6. The number of aromatic nitrogens is 5. The fourth-order valence-corrected chi connectivity index (χ4v) is 3.16. The number of aryl methyl sites for hydroxylation is 1. The van der Waals surface area contributed by atoms with Crippen molar-refractivity contribution in [2.45, 2.75) is 13.5 Å². The van der Waals surface area contributed by atoms with E-state index < -0.39 is 5.76 Å². The van der Waals surface area contributed by atoms with Gasteiger partial charge in [0.25, 0.3) is 5.56 Å². The van der Waals surface area contributed by atoms with Crippen LogP contribution in [0.2, 0.25) is 0 Å². The highest BCUT2D eigenvalue weighted by atomic mass is 32.1. The van der Waals surface area contributed by atoms with E-state index >= 15 is 0 Å². The third-order valence-corrected chi connectivity index (χ3v) is 4.26. The molecule has 0 saturated carbocycles. The number of nitrogens with zero attached hydrogens (tertiary/aromatic N) is 5. The van der Waals surface area contributed by atoms with Crippen LogP contribution in [0.15, 0.2) is 50.5 Å². The molecule has 120 valence electrons. The van der Waals surface area contributed by atoms with Crippen molar-refractivity contribution in [1.82, 2.24) is 24.3 Å². The van der Waals surface area contributed by atoms with E-state index in [9.17, 15) is 9.59 Å². The van der Waals surface area contributed by atoms with Gasteiger partial charge in [-0.15, -0.1) is 0 Å². The third-order valence-electron chi connectivity index (χ3n) is 3.44. The molecular weight excluding hydrogens is 330 g/mol. The van der Waals surface area contributed by atoms with E-state index in [0.717, 1.165) is 10.6 Å². The van der Waals surface area contributed by atoms with Gasteiger partial charge in [0.1, 0.15) is 5.01 Å². The highest BCUT2D eigenvalue weighted by Crippen LogP contribution is 2.16. The summed E-state index contributed by atoms with van der Waals surface area (Å²) in [6.07, 6.45) is 0. The monoisotopic (exact) mass is 341 g/mol. The van der Waals surface area contributed by atoms with Crippen molar-refractivity contribution in [3.8, 4) is 11.4 Å². The second-order valence-electron chi connectivity index (χ2n) is 5.13. The standard InChI is InChI=1S/C15H11N5O3S/c1-9-17-20-12(21)7-11(16-14(20)24-9)8-19-13(18-23-15(19)22)10-5-3-2-4-6-10/h2-7H,8H2,1H3. The van der Waals surface area contributed by atoms with E-state index in [2.05, 4.69) is 15.2 Å². The Bertz CT molecular complexity index is 1140. The van der Waals surface area contributed by atoms with Crippen LogP contribution in [0.3, 0.4) is 0 Å². The highest BCUT2D eigenvalue weighted by Gasteiger charge is 2.15. The lowest BCUT2D eigenvalue weighted by atomic mass is 10.2. The lowest BCUT2D eigenvalue weighted by molar-refractivity contribution is 0.378. The summed E-state index contributed by atoms with van der Waals surface area (Å²) in [5, 5.41) is 8.66. The van der Waals surface area contributed by atoms with Crippen molar-refractivity contribution in [2.75, 3.05) is 0 Å². The Hall–Kier alpha value is -3.07. The van der Waals surface area contributed by atoms with Crippen LogP contribution >= 0.6 is 11.3 Å². The topological polar surface area (TPSA) is 95.3 Å². The lowest BCUT2D eigenvalue weighted by Crippen LogP contribution is -2.20. The van der Waals surface area contributed by atoms with Crippen LogP contribution in [0, 0.1) is 6.92 Å². The molecule has 4 aromatic rings. The molecule has 0 aliphatic carbocycles. The Morgan fingerprint density at radius 1 is 1.21 bits per heavy atom. The van der Waals surface area contributed by atoms with Gasteiger partial charge in [-0.3, -0.25) is 13.9 Å². The third kappa shape index (κ3) is 2.44. The summed E-state index contributed by atoms with van der Waals surface area (Å²) in [7, 11) is 0. The molecule has 3 heterocycles. The number of fused-ring (bicyclic) bond motifs is 1. The molecular formula is C15H11N5O3S. The van der Waals surface area contributed by atoms with E-state index in [0.29, 0.717) is 16.5 Å². The predicted octanol–water partition coefficient (Wildman–Crippen LogP) is 1.32. The summed E-state index contributed by atoms with van der Waals surface area (Å²) in [5.41, 5.74) is 0.908. The normalized spacial score (nSPS) is 11.2. The molecule has 1 aromatic carbocycles. The second-order valence-corrected chi connectivity index (χ2v) is 6.29. The first kappa shape index (κ1) is 14.5. The van der Waals surface area contributed by atoms with Crippen LogP contribution in [0.4, 0.5) is 0 Å². The van der Waals surface area contributed by atoms with Crippen molar-refractivity contribution in [3.63, 3.8) is 0 Å². The summed E-state index contributed by atoms with van der Waals surface area (Å²) in [6.45, 7) is 1.89. The average molecular weight is 341 g/mol. The quantitative estimate of drug-likeness (QED) is 0.558. The van der Waals surface area contributed by atoms with E-state index in [4.69, 9.17) is 4.52 Å². The van der Waals surface area contributed by atoms with Gasteiger partial charge in [0, 0.05) is 11.6 Å². The maximum absolute atomic E-state index is 12.1. The van der Waals surface area contributed by atoms with Crippen molar-refractivity contribution in [1.29, 1.82) is 0 Å². The van der Waals surface area contributed by atoms with Gasteiger partial charge in [0.05, 0.1) is 12.2 Å². The Labute approximate surface area is 138 Å². The largest absolute Gasteiger partial charge is 0.442 e. The van der Waals surface area contributed by atoms with E-state index in [1.54, 1.807) is 6.92 Å². The number of benzene rings is 1. The molecule has 0 atom stereocenters. The van der Waals surface area contributed by atoms with Crippen LogP contribution < -0.4 is 11.3 Å². The van der Waals surface area contributed by atoms with Crippen LogP contribution in [-0.4, -0.2) is 24.3 Å². The molecule has 8 nitrogen and oxygen atoms in total. The van der Waals surface area contributed by atoms with Gasteiger partial charge in [-0.2, -0.15) is 9.61 Å². The summed E-state index contributed by atoms with van der Waals surface area (Å²) in [4.78, 5) is 29.0. The van der Waals surface area contributed by atoms with Gasteiger partial charge in [-0.05, 0) is 6.92 Å². The Morgan fingerprint density at radius 2 is 2.00 bits per heavy atom. The molecule has 0 saturated heterocycles. The fourth-order valence-electron chi connectivity index (χ4n) is 2.40. The molecule has 0 spiro atoms. The van der Waals surface area contributed by atoms with Crippen LogP contribution in [-0.2, 0) is 6.54 Å². The maximum Gasteiger partial charge on any atom is 0.442 e. The molecule has 0 aliphatic rings. The zero-order valence-corrected chi connectivity index (χ0v) is 13.4. The van der Waals surface area contributed by atoms with E-state index in [1.165, 1.54) is 26.5 Å². The molecule has 9 heteroatoms. The fraction of sp³-hybridized carbons (Fsp3) is 0.133. The SMILES string of the molecule is Cc1nn2c(=O)cc(Cn3c(-c4ccccc4)noc3=O)nc2s1. The molecule has 3 aromatic heterocycles. The molecule has 0 radical (unpaired) electrons. The minimum atomic E-state index is -0.601. The van der Waals surface area contributed by atoms with Crippen molar-refractivity contribution in [3.05, 3.63) is 68.0 Å². The first-order valence-electron chi connectivity index (χ1n) is 7.10. The number of hydrogen-bond acceptors (Lipinski definition) is 7. The average Bonchev–Trinajstić information content (AvgIpc) is 3.12. The van der Waals surface area contributed by atoms with Crippen LogP contribution in [0.1, 0.15) is 10.7 Å². The Morgan fingerprint density at radius 3 is 2.79 bits per heavy atom. The molecule has 4 rings (SSSR count). The minimum absolute atomic E-state index is 0.0925. The van der Waals surface area contributed by atoms with Gasteiger partial charge in [-0.1, -0.05) is 46.8 Å². The molecule has 0 unspecified atom stereocenters. The van der Waals surface area contributed by atoms with Crippen LogP contribution in [0.5, 0.6) is 0 Å². The van der Waals surface area contributed by atoms with Crippen molar-refractivity contribution < 1.29 is 4.52 Å². The van der Waals surface area contributed by atoms with Gasteiger partial charge in [0.2, 0.25) is 4.96 Å². The molecule has 0 aliphatic heterocycles. The maximum atomic E-state index is 12.1. The van der Waals surface area contributed by atoms with E-state index in [1.807, 2.05) is 30.3 Å². The van der Waals surface area contributed by atoms with Gasteiger partial charge >= 0.3 is 5.76 Å². The first-order valence-corrected chi connectivity index (χ1v) is 7.92. The van der Waals surface area contributed by atoms with E-state index in [-0.39, 0.29) is 12.1 Å². The van der Waals surface area contributed by atoms with Crippen molar-refractivity contribution in [2.24, 2.45) is 0 Å². The number of rotatable bonds is 3. The summed E-state index contributed by atoms with van der Waals surface area (Å²) in [5.74, 6) is -0.209. The highest BCUT2D eigenvalue weighted by molar-refractivity contribution is 7.16. The minimum Gasteiger partial charge on any atom is -0.295 e. The second kappa shape index (κ2) is 5.53. The van der Waals surface area contributed by atoms with Gasteiger partial charge in [0.15, 0.2) is 5.82 Å². The molecule has 24 heavy (non-hydrogen) atoms. The van der Waals surface area contributed by atoms with Gasteiger partial charge < -0.3 is 0 Å². The molecule has 0 fully saturated rings. The van der Waals surface area contributed by atoms with Crippen LogP contribution in [0.25, 0.3) is 16.3 Å². The zero-order chi connectivity index (χ0) is 16.7. The smallest absolute Gasteiger partial charge is 0.295 e. The Balaban J connectivity index is 1.81. The van der Waals surface area contributed by atoms with Crippen molar-refractivity contribution >= 4 is 16.3 Å².